The molecule has 3 rings (SSSR count). The van der Waals surface area contributed by atoms with Crippen molar-refractivity contribution in [1.29, 1.82) is 5.26 Å². The van der Waals surface area contributed by atoms with E-state index in [0.29, 0.717) is 0 Å². The standard InChI is InChI=1S/C13H6F3N5O/c14-13(15,16)8-3-1-2-7(4-8)12-18-10(6-22-12)11-9(5-17)19-21-20-11/h1-4,6H,(H,19,20,21). The normalized spacial score (nSPS) is 11.4. The topological polar surface area (TPSA) is 91.4 Å². The van der Waals surface area contributed by atoms with E-state index in [0.717, 1.165) is 12.1 Å². The first-order valence-corrected chi connectivity index (χ1v) is 5.93. The second-order valence-electron chi connectivity index (χ2n) is 4.25. The van der Waals surface area contributed by atoms with Gasteiger partial charge in [0.1, 0.15) is 18.0 Å². The zero-order valence-electron chi connectivity index (χ0n) is 10.7. The Hall–Kier alpha value is -3.15. The van der Waals surface area contributed by atoms with E-state index in [1.807, 2.05) is 6.07 Å². The average Bonchev–Trinajstić information content (AvgIpc) is 3.15. The summed E-state index contributed by atoms with van der Waals surface area (Å²) < 4.78 is 43.3. The molecule has 6 nitrogen and oxygen atoms in total. The number of nitrogens with one attached hydrogen (secondary N) is 1. The molecule has 22 heavy (non-hydrogen) atoms. The number of hydrogen-bond acceptors (Lipinski definition) is 5. The van der Waals surface area contributed by atoms with Crippen LogP contribution in [0.2, 0.25) is 0 Å². The van der Waals surface area contributed by atoms with Crippen LogP contribution >= 0.6 is 0 Å². The van der Waals surface area contributed by atoms with Gasteiger partial charge in [-0.2, -0.15) is 28.7 Å². The summed E-state index contributed by atoms with van der Waals surface area (Å²) in [5.41, 5.74) is -0.238. The number of alkyl halides is 3. The van der Waals surface area contributed by atoms with E-state index >= 15 is 0 Å². The fourth-order valence-corrected chi connectivity index (χ4v) is 1.83. The zero-order chi connectivity index (χ0) is 15.7. The van der Waals surface area contributed by atoms with Crippen LogP contribution in [0.5, 0.6) is 0 Å². The Bertz CT molecular complexity index is 859. The molecule has 110 valence electrons. The molecule has 0 fully saturated rings. The lowest BCUT2D eigenvalue weighted by Gasteiger charge is -2.06. The Labute approximate surface area is 121 Å². The number of hydrogen-bond donors (Lipinski definition) is 1. The van der Waals surface area contributed by atoms with Crippen molar-refractivity contribution in [2.24, 2.45) is 0 Å². The summed E-state index contributed by atoms with van der Waals surface area (Å²) in [4.78, 5) is 4.05. The summed E-state index contributed by atoms with van der Waals surface area (Å²) in [6, 6.07) is 6.41. The van der Waals surface area contributed by atoms with Crippen LogP contribution in [0.15, 0.2) is 34.9 Å². The molecule has 1 N–H and O–H groups in total. The van der Waals surface area contributed by atoms with Crippen molar-refractivity contribution >= 4 is 0 Å². The Morgan fingerprint density at radius 3 is 2.77 bits per heavy atom. The highest BCUT2D eigenvalue weighted by molar-refractivity contribution is 5.63. The van der Waals surface area contributed by atoms with Crippen LogP contribution in [-0.4, -0.2) is 20.4 Å². The number of halogens is 3. The molecule has 0 aliphatic carbocycles. The average molecular weight is 305 g/mol. The van der Waals surface area contributed by atoms with Crippen LogP contribution in [0.1, 0.15) is 11.3 Å². The fraction of sp³-hybridized carbons (Fsp3) is 0.0769. The van der Waals surface area contributed by atoms with E-state index in [4.69, 9.17) is 9.68 Å². The maximum absolute atomic E-state index is 12.7. The van der Waals surface area contributed by atoms with Crippen molar-refractivity contribution < 1.29 is 17.6 Å². The molecule has 2 heterocycles. The van der Waals surface area contributed by atoms with Crippen LogP contribution in [0.4, 0.5) is 13.2 Å². The molecular weight excluding hydrogens is 299 g/mol. The molecule has 0 saturated carbocycles. The molecule has 0 aliphatic rings. The monoisotopic (exact) mass is 305 g/mol. The van der Waals surface area contributed by atoms with Gasteiger partial charge in [0.25, 0.3) is 0 Å². The molecule has 0 saturated heterocycles. The van der Waals surface area contributed by atoms with Crippen molar-refractivity contribution in [2.45, 2.75) is 6.18 Å². The third-order valence-electron chi connectivity index (χ3n) is 2.84. The first-order valence-electron chi connectivity index (χ1n) is 5.93. The molecule has 0 unspecified atom stereocenters. The second kappa shape index (κ2) is 5.00. The Morgan fingerprint density at radius 1 is 1.23 bits per heavy atom. The first-order chi connectivity index (χ1) is 10.5. The van der Waals surface area contributed by atoms with Crippen molar-refractivity contribution in [3.63, 3.8) is 0 Å². The van der Waals surface area contributed by atoms with Crippen molar-refractivity contribution in [1.82, 2.24) is 20.4 Å². The van der Waals surface area contributed by atoms with E-state index in [2.05, 4.69) is 20.4 Å². The molecule has 0 atom stereocenters. The fourth-order valence-electron chi connectivity index (χ4n) is 1.83. The minimum absolute atomic E-state index is 0.00649. The van der Waals surface area contributed by atoms with E-state index in [1.54, 1.807) is 0 Å². The second-order valence-corrected chi connectivity index (χ2v) is 4.25. The highest BCUT2D eigenvalue weighted by Crippen LogP contribution is 2.32. The number of H-pyrrole nitrogens is 1. The van der Waals surface area contributed by atoms with Crippen molar-refractivity contribution in [2.75, 3.05) is 0 Å². The first kappa shape index (κ1) is 13.8. The number of nitriles is 1. The molecule has 0 spiro atoms. The third-order valence-corrected chi connectivity index (χ3v) is 2.84. The van der Waals surface area contributed by atoms with Gasteiger partial charge in [-0.05, 0) is 18.2 Å². The predicted molar refractivity (Wildman–Crippen MR) is 67.0 cm³/mol. The predicted octanol–water partition coefficient (Wildman–Crippen LogP) is 3.02. The van der Waals surface area contributed by atoms with Gasteiger partial charge < -0.3 is 4.42 Å². The lowest BCUT2D eigenvalue weighted by molar-refractivity contribution is -0.137. The van der Waals surface area contributed by atoms with Crippen molar-refractivity contribution in [3.8, 4) is 28.9 Å². The third kappa shape index (κ3) is 2.42. The summed E-state index contributed by atoms with van der Waals surface area (Å²) in [6.45, 7) is 0. The van der Waals surface area contributed by atoms with E-state index < -0.39 is 11.7 Å². The highest BCUT2D eigenvalue weighted by atomic mass is 19.4. The molecule has 9 heteroatoms. The summed E-state index contributed by atoms with van der Waals surface area (Å²) in [5, 5.41) is 18.5. The maximum atomic E-state index is 12.7. The molecule has 0 amide bonds. The molecule has 0 radical (unpaired) electrons. The minimum atomic E-state index is -4.45. The van der Waals surface area contributed by atoms with Gasteiger partial charge in [-0.3, -0.25) is 0 Å². The van der Waals surface area contributed by atoms with Gasteiger partial charge in [0.2, 0.25) is 5.89 Å². The number of nitrogens with zero attached hydrogens (tertiary/aromatic N) is 4. The van der Waals surface area contributed by atoms with E-state index in [1.165, 1.54) is 18.4 Å². The number of benzene rings is 1. The molecule has 3 aromatic rings. The SMILES string of the molecule is N#Cc1n[nH]nc1-c1coc(-c2cccc(C(F)(F)F)c2)n1. The molecule has 1 aromatic carbocycles. The molecule has 2 aromatic heterocycles. The zero-order valence-corrected chi connectivity index (χ0v) is 10.7. The Kier molecular flexibility index (Phi) is 3.14. The Morgan fingerprint density at radius 2 is 2.05 bits per heavy atom. The van der Waals surface area contributed by atoms with Crippen molar-refractivity contribution in [3.05, 3.63) is 41.8 Å². The summed E-state index contributed by atoms with van der Waals surface area (Å²) in [7, 11) is 0. The van der Waals surface area contributed by atoms with Gasteiger partial charge in [0.15, 0.2) is 11.4 Å². The number of aromatic amines is 1. The maximum Gasteiger partial charge on any atom is 0.416 e. The molecule has 0 bridgehead atoms. The quantitative estimate of drug-likeness (QED) is 0.785. The summed E-state index contributed by atoms with van der Waals surface area (Å²) in [5.74, 6) is -0.00649. The van der Waals surface area contributed by atoms with E-state index in [9.17, 15) is 13.2 Å². The van der Waals surface area contributed by atoms with Crippen LogP contribution in [-0.2, 0) is 6.18 Å². The lowest BCUT2D eigenvalue weighted by atomic mass is 10.1. The van der Waals surface area contributed by atoms with Crippen LogP contribution in [0.25, 0.3) is 22.8 Å². The van der Waals surface area contributed by atoms with Crippen LogP contribution in [0, 0.1) is 11.3 Å². The smallest absolute Gasteiger partial charge is 0.416 e. The lowest BCUT2D eigenvalue weighted by Crippen LogP contribution is -2.04. The minimum Gasteiger partial charge on any atom is -0.444 e. The van der Waals surface area contributed by atoms with Gasteiger partial charge >= 0.3 is 6.18 Å². The molecule has 0 aliphatic heterocycles. The van der Waals surface area contributed by atoms with Gasteiger partial charge in [-0.1, -0.05) is 6.07 Å². The number of aromatic nitrogens is 4. The van der Waals surface area contributed by atoms with Gasteiger partial charge in [-0.15, -0.1) is 5.10 Å². The molecular formula is C13H6F3N5O. The largest absolute Gasteiger partial charge is 0.444 e. The number of oxazole rings is 1. The van der Waals surface area contributed by atoms with Crippen LogP contribution in [0.3, 0.4) is 0 Å². The van der Waals surface area contributed by atoms with Gasteiger partial charge in [-0.25, -0.2) is 4.98 Å². The van der Waals surface area contributed by atoms with Gasteiger partial charge in [0.05, 0.1) is 5.56 Å². The number of rotatable bonds is 2. The Balaban J connectivity index is 2.00. The highest BCUT2D eigenvalue weighted by Gasteiger charge is 2.30. The van der Waals surface area contributed by atoms with E-state index in [-0.39, 0.29) is 28.5 Å². The summed E-state index contributed by atoms with van der Waals surface area (Å²) >= 11 is 0. The van der Waals surface area contributed by atoms with Crippen LogP contribution < -0.4 is 0 Å². The van der Waals surface area contributed by atoms with Gasteiger partial charge in [0, 0.05) is 5.56 Å². The summed E-state index contributed by atoms with van der Waals surface area (Å²) in [6.07, 6.45) is -3.25.